The highest BCUT2D eigenvalue weighted by Gasteiger charge is 2.41. The fourth-order valence-corrected chi connectivity index (χ4v) is 4.67. The fraction of sp³-hybridized carbons (Fsp3) is 0.667. The minimum Gasteiger partial charge on any atom is -0.350 e. The first kappa shape index (κ1) is 17.4. The van der Waals surface area contributed by atoms with Gasteiger partial charge in [-0.25, -0.2) is 0 Å². The highest BCUT2D eigenvalue weighted by Crippen LogP contribution is 2.38. The number of likely N-dealkylation sites (tertiary alicyclic amines) is 2. The third kappa shape index (κ3) is 4.16. The molecule has 3 rings (SSSR count). The van der Waals surface area contributed by atoms with Gasteiger partial charge in [-0.2, -0.15) is 0 Å². The lowest BCUT2D eigenvalue weighted by Crippen LogP contribution is -2.55. The van der Waals surface area contributed by atoms with Crippen molar-refractivity contribution in [3.63, 3.8) is 0 Å². The lowest BCUT2D eigenvalue weighted by molar-refractivity contribution is -0.139. The predicted molar refractivity (Wildman–Crippen MR) is 95.8 cm³/mol. The van der Waals surface area contributed by atoms with Crippen LogP contribution in [0.4, 0.5) is 0 Å². The van der Waals surface area contributed by atoms with Gasteiger partial charge >= 0.3 is 0 Å². The second kappa shape index (κ2) is 7.66. The van der Waals surface area contributed by atoms with Gasteiger partial charge in [-0.1, -0.05) is 6.07 Å². The number of nitrogens with zero attached hydrogens (tertiary/aromatic N) is 2. The molecular weight excluding hydrogens is 322 g/mol. The predicted octanol–water partition coefficient (Wildman–Crippen LogP) is 2.09. The van der Waals surface area contributed by atoms with Gasteiger partial charge in [-0.3, -0.25) is 14.5 Å². The first-order valence-corrected chi connectivity index (χ1v) is 9.77. The van der Waals surface area contributed by atoms with Gasteiger partial charge in [0.05, 0.1) is 13.1 Å². The Morgan fingerprint density at radius 3 is 3.00 bits per heavy atom. The molecule has 24 heavy (non-hydrogen) atoms. The average Bonchev–Trinajstić information content (AvgIpc) is 3.09. The van der Waals surface area contributed by atoms with Crippen LogP contribution in [0.3, 0.4) is 0 Å². The van der Waals surface area contributed by atoms with Gasteiger partial charge in [0.25, 0.3) is 0 Å². The molecule has 1 atom stereocenters. The minimum atomic E-state index is 0.0969. The third-order valence-electron chi connectivity index (χ3n) is 5.28. The number of carbonyl (C=O) groups excluding carboxylic acids is 2. The molecule has 1 N–H and O–H groups in total. The summed E-state index contributed by atoms with van der Waals surface area (Å²) in [6.45, 7) is 6.70. The zero-order valence-electron chi connectivity index (χ0n) is 14.4. The van der Waals surface area contributed by atoms with E-state index in [9.17, 15) is 9.59 Å². The molecule has 1 aromatic rings. The average molecular weight is 350 g/mol. The van der Waals surface area contributed by atoms with Crippen molar-refractivity contribution in [2.75, 3.05) is 32.7 Å². The number of hydrogen-bond acceptors (Lipinski definition) is 4. The Hall–Kier alpha value is -1.40. The number of hydrogen-bond donors (Lipinski definition) is 1. The van der Waals surface area contributed by atoms with Gasteiger partial charge in [0, 0.05) is 36.3 Å². The first-order chi connectivity index (χ1) is 11.6. The summed E-state index contributed by atoms with van der Waals surface area (Å²) in [7, 11) is 0. The molecule has 5 nitrogen and oxygen atoms in total. The normalized spacial score (nSPS) is 25.2. The summed E-state index contributed by atoms with van der Waals surface area (Å²) in [5.74, 6) is 0.383. The molecular formula is C18H27N3O2S. The molecule has 1 spiro atoms. The van der Waals surface area contributed by atoms with Crippen LogP contribution in [0.25, 0.3) is 0 Å². The van der Waals surface area contributed by atoms with Crippen molar-refractivity contribution in [2.24, 2.45) is 5.41 Å². The molecule has 6 heteroatoms. The molecule has 2 aliphatic rings. The van der Waals surface area contributed by atoms with Crippen LogP contribution in [0.15, 0.2) is 17.5 Å². The SMILES string of the molecule is CCN1CC2(CCCN(CC(=O)NCc3cccs3)C2)CCC1=O. The Morgan fingerprint density at radius 1 is 1.38 bits per heavy atom. The number of carbonyl (C=O) groups is 2. The quantitative estimate of drug-likeness (QED) is 0.886. The van der Waals surface area contributed by atoms with Gasteiger partial charge in [-0.05, 0) is 44.2 Å². The monoisotopic (exact) mass is 349 g/mol. The zero-order chi connectivity index (χ0) is 17.0. The zero-order valence-corrected chi connectivity index (χ0v) is 15.2. The van der Waals surface area contributed by atoms with Gasteiger partial charge in [0.2, 0.25) is 11.8 Å². The van der Waals surface area contributed by atoms with Crippen LogP contribution in [0, 0.1) is 5.41 Å². The number of thiophene rings is 1. The van der Waals surface area contributed by atoms with Crippen LogP contribution in [0.1, 0.15) is 37.5 Å². The molecule has 1 aromatic heterocycles. The van der Waals surface area contributed by atoms with Gasteiger partial charge in [-0.15, -0.1) is 11.3 Å². The highest BCUT2D eigenvalue weighted by molar-refractivity contribution is 7.09. The molecule has 2 amide bonds. The summed E-state index contributed by atoms with van der Waals surface area (Å²) in [6.07, 6.45) is 3.91. The largest absolute Gasteiger partial charge is 0.350 e. The van der Waals surface area contributed by atoms with Gasteiger partial charge < -0.3 is 10.2 Å². The van der Waals surface area contributed by atoms with E-state index in [2.05, 4.69) is 17.1 Å². The maximum Gasteiger partial charge on any atom is 0.234 e. The minimum absolute atomic E-state index is 0.0969. The summed E-state index contributed by atoms with van der Waals surface area (Å²) < 4.78 is 0. The van der Waals surface area contributed by atoms with Crippen LogP contribution in [0.2, 0.25) is 0 Å². The Balaban J connectivity index is 1.51. The molecule has 1 unspecified atom stereocenters. The molecule has 0 radical (unpaired) electrons. The van der Waals surface area contributed by atoms with E-state index in [0.29, 0.717) is 19.5 Å². The number of amides is 2. The maximum atomic E-state index is 12.2. The van der Waals surface area contributed by atoms with Crippen molar-refractivity contribution in [3.8, 4) is 0 Å². The van der Waals surface area contributed by atoms with Crippen LogP contribution < -0.4 is 5.32 Å². The number of nitrogens with one attached hydrogen (secondary N) is 1. The summed E-state index contributed by atoms with van der Waals surface area (Å²) in [5.41, 5.74) is 0.191. The summed E-state index contributed by atoms with van der Waals surface area (Å²) in [5, 5.41) is 5.04. The second-order valence-electron chi connectivity index (χ2n) is 7.08. The molecule has 2 fully saturated rings. The topological polar surface area (TPSA) is 52.6 Å². The van der Waals surface area contributed by atoms with E-state index < -0.39 is 0 Å². The van der Waals surface area contributed by atoms with E-state index >= 15 is 0 Å². The molecule has 3 heterocycles. The Morgan fingerprint density at radius 2 is 2.25 bits per heavy atom. The van der Waals surface area contributed by atoms with Gasteiger partial charge in [0.15, 0.2) is 0 Å². The van der Waals surface area contributed by atoms with Crippen LogP contribution in [-0.2, 0) is 16.1 Å². The smallest absolute Gasteiger partial charge is 0.234 e. The number of rotatable bonds is 5. The van der Waals surface area contributed by atoms with Crippen LogP contribution in [-0.4, -0.2) is 54.3 Å². The molecule has 2 aliphatic heterocycles. The standard InChI is InChI=1S/C18H27N3O2S/c1-2-21-14-18(8-6-17(21)23)7-4-9-20(13-18)12-16(22)19-11-15-5-3-10-24-15/h3,5,10H,2,4,6-9,11-14H2,1H3,(H,19,22). The van der Waals surface area contributed by atoms with E-state index in [0.717, 1.165) is 39.0 Å². The van der Waals surface area contributed by atoms with E-state index in [1.165, 1.54) is 11.3 Å². The third-order valence-corrected chi connectivity index (χ3v) is 6.15. The summed E-state index contributed by atoms with van der Waals surface area (Å²) in [4.78, 5) is 29.6. The van der Waals surface area contributed by atoms with E-state index in [-0.39, 0.29) is 17.2 Å². The van der Waals surface area contributed by atoms with Crippen molar-refractivity contribution in [2.45, 2.75) is 39.2 Å². The Bertz CT molecular complexity index is 575. The maximum absolute atomic E-state index is 12.2. The van der Waals surface area contributed by atoms with E-state index in [1.807, 2.05) is 22.4 Å². The molecule has 0 aliphatic carbocycles. The first-order valence-electron chi connectivity index (χ1n) is 8.89. The van der Waals surface area contributed by atoms with Crippen molar-refractivity contribution in [1.82, 2.24) is 15.1 Å². The van der Waals surface area contributed by atoms with Crippen molar-refractivity contribution >= 4 is 23.2 Å². The molecule has 0 aromatic carbocycles. The lowest BCUT2D eigenvalue weighted by atomic mass is 9.73. The second-order valence-corrected chi connectivity index (χ2v) is 8.11. The van der Waals surface area contributed by atoms with Crippen LogP contribution >= 0.6 is 11.3 Å². The molecule has 132 valence electrons. The Labute approximate surface area is 148 Å². The number of piperidine rings is 2. The Kier molecular flexibility index (Phi) is 5.56. The summed E-state index contributed by atoms with van der Waals surface area (Å²) >= 11 is 1.67. The fourth-order valence-electron chi connectivity index (χ4n) is 4.03. The van der Waals surface area contributed by atoms with E-state index in [4.69, 9.17) is 0 Å². The van der Waals surface area contributed by atoms with Crippen molar-refractivity contribution in [3.05, 3.63) is 22.4 Å². The van der Waals surface area contributed by atoms with Crippen molar-refractivity contribution in [1.29, 1.82) is 0 Å². The van der Waals surface area contributed by atoms with Gasteiger partial charge in [0.1, 0.15) is 0 Å². The van der Waals surface area contributed by atoms with Crippen LogP contribution in [0.5, 0.6) is 0 Å². The highest BCUT2D eigenvalue weighted by atomic mass is 32.1. The summed E-state index contributed by atoms with van der Waals surface area (Å²) in [6, 6.07) is 4.05. The molecule has 2 saturated heterocycles. The lowest BCUT2D eigenvalue weighted by Gasteiger charge is -2.48. The molecule has 0 bridgehead atoms. The van der Waals surface area contributed by atoms with E-state index in [1.54, 1.807) is 11.3 Å². The van der Waals surface area contributed by atoms with Crippen molar-refractivity contribution < 1.29 is 9.59 Å². The molecule has 0 saturated carbocycles.